The van der Waals surface area contributed by atoms with Crippen LogP contribution in [0.1, 0.15) is 31.2 Å². The van der Waals surface area contributed by atoms with E-state index in [1.807, 2.05) is 6.07 Å². The minimum atomic E-state index is -3.63. The van der Waals surface area contributed by atoms with Gasteiger partial charge in [0.05, 0.1) is 9.92 Å². The van der Waals surface area contributed by atoms with E-state index in [0.29, 0.717) is 6.54 Å². The monoisotopic (exact) mass is 423 g/mol. The molecule has 1 saturated carbocycles. The van der Waals surface area contributed by atoms with Crippen molar-refractivity contribution in [2.24, 2.45) is 0 Å². The van der Waals surface area contributed by atoms with Crippen molar-refractivity contribution in [3.05, 3.63) is 53.3 Å². The lowest BCUT2D eigenvalue weighted by Gasteiger charge is -2.14. The van der Waals surface area contributed by atoms with E-state index in [0.717, 1.165) is 31.2 Å². The minimum absolute atomic E-state index is 0.0248. The van der Waals surface area contributed by atoms with Crippen molar-refractivity contribution in [1.82, 2.24) is 15.0 Å². The Morgan fingerprint density at radius 1 is 1.25 bits per heavy atom. The maximum Gasteiger partial charge on any atom is 0.258 e. The fraction of sp³-hybridized carbons (Fsp3) is 0.368. The number of benzene rings is 1. The van der Waals surface area contributed by atoms with Gasteiger partial charge < -0.3 is 10.1 Å². The van der Waals surface area contributed by atoms with E-state index in [9.17, 15) is 13.2 Å². The van der Waals surface area contributed by atoms with Crippen molar-refractivity contribution in [2.45, 2.75) is 43.2 Å². The molecule has 1 aliphatic rings. The highest BCUT2D eigenvalue weighted by molar-refractivity contribution is 7.89. The Kier molecular flexibility index (Phi) is 6.88. The lowest BCUT2D eigenvalue weighted by Crippen LogP contribution is -2.32. The molecule has 0 aliphatic heterocycles. The molecule has 1 amide bonds. The Morgan fingerprint density at radius 3 is 2.71 bits per heavy atom. The number of nitrogens with zero attached hydrogens (tertiary/aromatic N) is 1. The van der Waals surface area contributed by atoms with E-state index in [1.165, 1.54) is 18.2 Å². The van der Waals surface area contributed by atoms with Crippen LogP contribution in [0.2, 0.25) is 5.02 Å². The molecule has 1 aliphatic carbocycles. The number of halogens is 1. The zero-order valence-electron chi connectivity index (χ0n) is 15.2. The minimum Gasteiger partial charge on any atom is -0.482 e. The third kappa shape index (κ3) is 5.67. The van der Waals surface area contributed by atoms with Gasteiger partial charge in [-0.15, -0.1) is 0 Å². The summed E-state index contributed by atoms with van der Waals surface area (Å²) < 4.78 is 33.0. The molecule has 0 atom stereocenters. The zero-order chi connectivity index (χ0) is 20.0. The van der Waals surface area contributed by atoms with Gasteiger partial charge in [0.15, 0.2) is 6.61 Å². The molecule has 0 radical (unpaired) electrons. The Balaban J connectivity index is 1.54. The van der Waals surface area contributed by atoms with Crippen LogP contribution in [0, 0.1) is 0 Å². The summed E-state index contributed by atoms with van der Waals surface area (Å²) in [5.41, 5.74) is 0.873. The smallest absolute Gasteiger partial charge is 0.258 e. The van der Waals surface area contributed by atoms with Crippen LogP contribution in [0.25, 0.3) is 0 Å². The number of carbonyl (C=O) groups excluding carboxylic acids is 1. The quantitative estimate of drug-likeness (QED) is 0.680. The van der Waals surface area contributed by atoms with Crippen LogP contribution in [0.4, 0.5) is 0 Å². The highest BCUT2D eigenvalue weighted by atomic mass is 35.5. The van der Waals surface area contributed by atoms with Crippen LogP contribution in [0.5, 0.6) is 5.75 Å². The molecule has 0 saturated heterocycles. The summed E-state index contributed by atoms with van der Waals surface area (Å²) in [4.78, 5) is 16.0. The first-order chi connectivity index (χ1) is 13.4. The van der Waals surface area contributed by atoms with Gasteiger partial charge in [0.25, 0.3) is 5.91 Å². The molecule has 0 unspecified atom stereocenters. The molecule has 1 heterocycles. The van der Waals surface area contributed by atoms with E-state index in [-0.39, 0.29) is 34.2 Å². The second-order valence-corrected chi connectivity index (χ2v) is 8.74. The summed E-state index contributed by atoms with van der Waals surface area (Å²) in [6.07, 6.45) is 7.08. The van der Waals surface area contributed by atoms with Crippen LogP contribution in [0.3, 0.4) is 0 Å². The van der Waals surface area contributed by atoms with Crippen molar-refractivity contribution in [2.75, 3.05) is 6.61 Å². The molecule has 7 nitrogen and oxygen atoms in total. The standard InChI is InChI=1S/C19H22ClN3O4S/c20-17-10-16(28(25,26)23-15-5-1-2-6-15)7-8-18(17)27-13-19(24)22-12-14-4-3-9-21-11-14/h3-4,7-11,15,23H,1-2,5-6,12-13H2,(H,22,24). The van der Waals surface area contributed by atoms with Gasteiger partial charge >= 0.3 is 0 Å². The van der Waals surface area contributed by atoms with Gasteiger partial charge in [-0.2, -0.15) is 0 Å². The average molecular weight is 424 g/mol. The van der Waals surface area contributed by atoms with Crippen LogP contribution < -0.4 is 14.8 Å². The first kappa shape index (κ1) is 20.6. The molecule has 2 N–H and O–H groups in total. The summed E-state index contributed by atoms with van der Waals surface area (Å²) in [6.45, 7) is 0.111. The zero-order valence-corrected chi connectivity index (χ0v) is 16.8. The highest BCUT2D eigenvalue weighted by Crippen LogP contribution is 2.28. The lowest BCUT2D eigenvalue weighted by molar-refractivity contribution is -0.123. The number of aromatic nitrogens is 1. The number of carbonyl (C=O) groups is 1. The SMILES string of the molecule is O=C(COc1ccc(S(=O)(=O)NC2CCCC2)cc1Cl)NCc1cccnc1. The first-order valence-corrected chi connectivity index (χ1v) is 10.9. The van der Waals surface area contributed by atoms with E-state index >= 15 is 0 Å². The lowest BCUT2D eigenvalue weighted by atomic mass is 10.3. The molecule has 0 bridgehead atoms. The van der Waals surface area contributed by atoms with Crippen LogP contribution >= 0.6 is 11.6 Å². The normalized spacial score (nSPS) is 14.8. The predicted molar refractivity (Wildman–Crippen MR) is 106 cm³/mol. The molecule has 28 heavy (non-hydrogen) atoms. The van der Waals surface area contributed by atoms with Gasteiger partial charge in [0.1, 0.15) is 5.75 Å². The maximum absolute atomic E-state index is 12.5. The number of sulfonamides is 1. The van der Waals surface area contributed by atoms with Gasteiger partial charge in [0.2, 0.25) is 10.0 Å². The summed E-state index contributed by atoms with van der Waals surface area (Å²) in [5, 5.41) is 2.85. The van der Waals surface area contributed by atoms with Gasteiger partial charge in [-0.1, -0.05) is 30.5 Å². The Hall–Kier alpha value is -2.16. The fourth-order valence-corrected chi connectivity index (χ4v) is 4.63. The number of ether oxygens (including phenoxy) is 1. The van der Waals surface area contributed by atoms with Crippen LogP contribution in [-0.2, 0) is 21.4 Å². The van der Waals surface area contributed by atoms with Crippen molar-refractivity contribution in [3.8, 4) is 5.75 Å². The highest BCUT2D eigenvalue weighted by Gasteiger charge is 2.23. The average Bonchev–Trinajstić information content (AvgIpc) is 3.18. The topological polar surface area (TPSA) is 97.4 Å². The number of nitrogens with one attached hydrogen (secondary N) is 2. The van der Waals surface area contributed by atoms with Crippen molar-refractivity contribution >= 4 is 27.5 Å². The largest absolute Gasteiger partial charge is 0.482 e. The molecule has 1 aromatic carbocycles. The third-order valence-corrected chi connectivity index (χ3v) is 6.28. The number of amides is 1. The van der Waals surface area contributed by atoms with Gasteiger partial charge in [-0.3, -0.25) is 9.78 Å². The summed E-state index contributed by atoms with van der Waals surface area (Å²) in [7, 11) is -3.63. The number of pyridine rings is 1. The second-order valence-electron chi connectivity index (χ2n) is 6.62. The summed E-state index contributed by atoms with van der Waals surface area (Å²) in [5.74, 6) is -0.0717. The Morgan fingerprint density at radius 2 is 2.04 bits per heavy atom. The van der Waals surface area contributed by atoms with E-state index in [2.05, 4.69) is 15.0 Å². The van der Waals surface area contributed by atoms with E-state index in [4.69, 9.17) is 16.3 Å². The second kappa shape index (κ2) is 9.36. The Labute approximate surface area is 169 Å². The number of rotatable bonds is 8. The molecule has 1 fully saturated rings. The van der Waals surface area contributed by atoms with Crippen molar-refractivity contribution in [3.63, 3.8) is 0 Å². The molecular formula is C19H22ClN3O4S. The van der Waals surface area contributed by atoms with E-state index in [1.54, 1.807) is 18.5 Å². The number of hydrogen-bond donors (Lipinski definition) is 2. The van der Waals surface area contributed by atoms with Gasteiger partial charge in [-0.05, 0) is 42.7 Å². The molecule has 9 heteroatoms. The third-order valence-electron chi connectivity index (χ3n) is 4.46. The summed E-state index contributed by atoms with van der Waals surface area (Å²) >= 11 is 6.15. The predicted octanol–water partition coefficient (Wildman–Crippen LogP) is 2.65. The fourth-order valence-electron chi connectivity index (χ4n) is 2.99. The van der Waals surface area contributed by atoms with Crippen molar-refractivity contribution in [1.29, 1.82) is 0 Å². The molecule has 0 spiro atoms. The van der Waals surface area contributed by atoms with Gasteiger partial charge in [0, 0.05) is 25.0 Å². The molecule has 2 aromatic rings. The maximum atomic E-state index is 12.5. The number of hydrogen-bond acceptors (Lipinski definition) is 5. The molecule has 1 aromatic heterocycles. The first-order valence-electron chi connectivity index (χ1n) is 9.04. The molecule has 150 valence electrons. The van der Waals surface area contributed by atoms with Crippen LogP contribution in [-0.4, -0.2) is 32.0 Å². The van der Waals surface area contributed by atoms with E-state index < -0.39 is 10.0 Å². The molecule has 3 rings (SSSR count). The summed E-state index contributed by atoms with van der Waals surface area (Å²) in [6, 6.07) is 7.83. The molecular weight excluding hydrogens is 402 g/mol. The Bertz CT molecular complexity index is 916. The van der Waals surface area contributed by atoms with Crippen molar-refractivity contribution < 1.29 is 17.9 Å². The van der Waals surface area contributed by atoms with Crippen LogP contribution in [0.15, 0.2) is 47.6 Å². The van der Waals surface area contributed by atoms with Gasteiger partial charge in [-0.25, -0.2) is 13.1 Å².